The molecule has 3 unspecified atom stereocenters. The first-order valence-corrected chi connectivity index (χ1v) is 32.7. The minimum Gasteiger partial charge on any atom is -0.462 e. The summed E-state index contributed by atoms with van der Waals surface area (Å²) in [5, 5.41) is 9.83. The van der Waals surface area contributed by atoms with Crippen molar-refractivity contribution in [2.24, 2.45) is 0 Å². The molecule has 0 heterocycles. The molecule has 0 amide bonds. The van der Waals surface area contributed by atoms with E-state index in [2.05, 4.69) is 81.5 Å². The van der Waals surface area contributed by atoms with Gasteiger partial charge in [-0.1, -0.05) is 223 Å². The molecule has 0 aliphatic rings. The summed E-state index contributed by atoms with van der Waals surface area (Å²) >= 11 is 0. The lowest BCUT2D eigenvalue weighted by Gasteiger charge is -2.21. The number of hydrogen-bond acceptors (Lipinski definition) is 10. The molecule has 0 bridgehead atoms. The van der Waals surface area contributed by atoms with Gasteiger partial charge in [-0.15, -0.1) is 0 Å². The fraction of sp³-hybridized carbons (Fsp3) is 0.797. The topological polar surface area (TPSA) is 155 Å². The van der Waals surface area contributed by atoms with Gasteiger partial charge in [-0.25, -0.2) is 4.57 Å². The molecule has 0 aromatic heterocycles. The maximum absolute atomic E-state index is 12.9. The lowest BCUT2D eigenvalue weighted by molar-refractivity contribution is -0.161. The molecular formula is C64H115O11P. The van der Waals surface area contributed by atoms with Gasteiger partial charge in [0.2, 0.25) is 0 Å². The van der Waals surface area contributed by atoms with E-state index in [-0.39, 0.29) is 25.9 Å². The smallest absolute Gasteiger partial charge is 0.462 e. The zero-order valence-electron chi connectivity index (χ0n) is 49.0. The number of phosphoric acid groups is 1. The highest BCUT2D eigenvalue weighted by Crippen LogP contribution is 2.43. The van der Waals surface area contributed by atoms with Gasteiger partial charge in [0.25, 0.3) is 0 Å². The van der Waals surface area contributed by atoms with E-state index >= 15 is 0 Å². The van der Waals surface area contributed by atoms with Crippen LogP contribution in [0.4, 0.5) is 0 Å². The maximum atomic E-state index is 12.9. The van der Waals surface area contributed by atoms with E-state index in [4.69, 9.17) is 23.3 Å². The van der Waals surface area contributed by atoms with Crippen molar-refractivity contribution in [2.45, 2.75) is 303 Å². The second-order valence-electron chi connectivity index (χ2n) is 20.9. The molecule has 442 valence electrons. The van der Waals surface area contributed by atoms with Crippen molar-refractivity contribution in [1.29, 1.82) is 0 Å². The summed E-state index contributed by atoms with van der Waals surface area (Å²) in [5.41, 5.74) is 0. The molecule has 0 aliphatic heterocycles. The lowest BCUT2D eigenvalue weighted by atomic mass is 10.1. The van der Waals surface area contributed by atoms with E-state index in [9.17, 15) is 28.9 Å². The fourth-order valence-corrected chi connectivity index (χ4v) is 9.37. The van der Waals surface area contributed by atoms with E-state index in [1.165, 1.54) is 103 Å². The van der Waals surface area contributed by atoms with Crippen molar-refractivity contribution < 1.29 is 52.2 Å². The van der Waals surface area contributed by atoms with Crippen molar-refractivity contribution in [2.75, 3.05) is 26.4 Å². The van der Waals surface area contributed by atoms with Crippen molar-refractivity contribution in [1.82, 2.24) is 0 Å². The second-order valence-corrected chi connectivity index (χ2v) is 22.3. The minimum atomic E-state index is -4.76. The number of phosphoric ester groups is 1. The highest BCUT2D eigenvalue weighted by molar-refractivity contribution is 7.47. The second kappa shape index (κ2) is 58.3. The molecular weight excluding hydrogens is 976 g/mol. The summed E-state index contributed by atoms with van der Waals surface area (Å²) in [6.45, 7) is 4.61. The van der Waals surface area contributed by atoms with Crippen LogP contribution in [0.1, 0.15) is 290 Å². The molecule has 76 heavy (non-hydrogen) atoms. The Labute approximate surface area is 465 Å². The number of esters is 3. The van der Waals surface area contributed by atoms with Crippen LogP contribution in [0.25, 0.3) is 0 Å². The number of allylic oxidation sites excluding steroid dienone is 10. The third-order valence-electron chi connectivity index (χ3n) is 13.4. The molecule has 0 saturated heterocycles. The minimum absolute atomic E-state index is 0.151. The van der Waals surface area contributed by atoms with Gasteiger partial charge in [0.1, 0.15) is 12.7 Å². The van der Waals surface area contributed by atoms with Gasteiger partial charge in [-0.3, -0.25) is 23.4 Å². The first-order chi connectivity index (χ1) is 37.2. The average molecular weight is 1090 g/mol. The molecule has 0 aromatic carbocycles. The number of carbonyl (C=O) groups excluding carboxylic acids is 3. The summed E-state index contributed by atoms with van der Waals surface area (Å²) < 4.78 is 39.6. The first kappa shape index (κ1) is 73.2. The number of hydrogen-bond donors (Lipinski definition) is 2. The molecule has 0 aromatic rings. The van der Waals surface area contributed by atoms with Crippen LogP contribution in [0.15, 0.2) is 60.8 Å². The molecule has 11 nitrogen and oxygen atoms in total. The number of aliphatic hydroxyl groups excluding tert-OH is 1. The Bertz CT molecular complexity index is 1510. The Morgan fingerprint density at radius 2 is 0.645 bits per heavy atom. The Hall–Kier alpha value is -2.82. The van der Waals surface area contributed by atoms with Crippen LogP contribution in [0, 0.1) is 0 Å². The van der Waals surface area contributed by atoms with Crippen LogP contribution in [0.3, 0.4) is 0 Å². The van der Waals surface area contributed by atoms with E-state index in [0.717, 1.165) is 128 Å². The molecule has 2 N–H and O–H groups in total. The third kappa shape index (κ3) is 55.9. The summed E-state index contributed by atoms with van der Waals surface area (Å²) in [5.74, 6) is -1.49. The van der Waals surface area contributed by atoms with Crippen molar-refractivity contribution in [3.63, 3.8) is 0 Å². The number of rotatable bonds is 58. The SMILES string of the molecule is CCCCC/C=C\C/C=C\C/C=C\CCCCCCCCC(=O)OC(COC(=O)CCCCCCC/C=C\CCCCCCCC)COP(=O)(O)OCC(CO)OC(=O)CCCCCCC/C=C\CCCCCCCC. The van der Waals surface area contributed by atoms with Crippen molar-refractivity contribution >= 4 is 25.7 Å². The largest absolute Gasteiger partial charge is 0.472 e. The zero-order chi connectivity index (χ0) is 55.5. The monoisotopic (exact) mass is 1090 g/mol. The van der Waals surface area contributed by atoms with E-state index < -0.39 is 57.8 Å². The predicted octanol–water partition coefficient (Wildman–Crippen LogP) is 18.7. The third-order valence-corrected chi connectivity index (χ3v) is 14.3. The van der Waals surface area contributed by atoms with Gasteiger partial charge in [0, 0.05) is 19.3 Å². The van der Waals surface area contributed by atoms with E-state index in [1.54, 1.807) is 0 Å². The van der Waals surface area contributed by atoms with Gasteiger partial charge in [-0.05, 0) is 109 Å². The summed E-state index contributed by atoms with van der Waals surface area (Å²) in [4.78, 5) is 48.7. The highest BCUT2D eigenvalue weighted by Gasteiger charge is 2.28. The van der Waals surface area contributed by atoms with Gasteiger partial charge in [0.15, 0.2) is 6.10 Å². The Morgan fingerprint density at radius 1 is 0.368 bits per heavy atom. The maximum Gasteiger partial charge on any atom is 0.472 e. The van der Waals surface area contributed by atoms with Gasteiger partial charge in [-0.2, -0.15) is 0 Å². The van der Waals surface area contributed by atoms with Crippen LogP contribution in [-0.4, -0.2) is 66.5 Å². The predicted molar refractivity (Wildman–Crippen MR) is 316 cm³/mol. The summed E-state index contributed by atoms with van der Waals surface area (Å²) in [7, 11) is -4.76. The molecule has 12 heteroatoms. The van der Waals surface area contributed by atoms with Crippen molar-refractivity contribution in [3.8, 4) is 0 Å². The Morgan fingerprint density at radius 3 is 1.03 bits per heavy atom. The quantitative estimate of drug-likeness (QED) is 0.0197. The number of ether oxygens (including phenoxy) is 3. The van der Waals surface area contributed by atoms with Crippen LogP contribution >= 0.6 is 7.82 Å². The van der Waals surface area contributed by atoms with Crippen molar-refractivity contribution in [3.05, 3.63) is 60.8 Å². The molecule has 3 atom stereocenters. The molecule has 0 radical (unpaired) electrons. The fourth-order valence-electron chi connectivity index (χ4n) is 8.59. The van der Waals surface area contributed by atoms with Gasteiger partial charge < -0.3 is 24.2 Å². The standard InChI is InChI=1S/C64H115O11P/c1-4-7-10-13-16-19-22-25-28-29-30-31-34-37-40-43-46-49-52-55-64(68)75-61(57-71-62(66)53-50-47-44-41-38-35-32-26-23-20-17-14-11-8-5-2)59-73-76(69,70)72-58-60(56-65)74-63(67)54-51-48-45-42-39-36-33-27-24-21-18-15-12-9-6-3/h16,19,25-28,30-33,60-61,65H,4-15,17-18,20-24,29,34-59H2,1-3H3,(H,69,70)/b19-16-,28-25-,31-30-,32-26-,33-27-. The number of aliphatic hydroxyl groups is 1. The lowest BCUT2D eigenvalue weighted by Crippen LogP contribution is -2.30. The molecule has 0 spiro atoms. The van der Waals surface area contributed by atoms with E-state index in [0.29, 0.717) is 19.3 Å². The van der Waals surface area contributed by atoms with Crippen LogP contribution in [0.2, 0.25) is 0 Å². The number of carbonyl (C=O) groups is 3. The summed E-state index contributed by atoms with van der Waals surface area (Å²) in [6.07, 6.45) is 64.5. The van der Waals surface area contributed by atoms with Gasteiger partial charge in [0.05, 0.1) is 19.8 Å². The first-order valence-electron chi connectivity index (χ1n) is 31.2. The number of unbranched alkanes of at least 4 members (excludes halogenated alkanes) is 31. The highest BCUT2D eigenvalue weighted by atomic mass is 31.2. The molecule has 0 fully saturated rings. The Kier molecular flexibility index (Phi) is 56.2. The molecule has 0 saturated carbocycles. The van der Waals surface area contributed by atoms with Crippen LogP contribution in [0.5, 0.6) is 0 Å². The normalized spacial score (nSPS) is 13.7. The Balaban J connectivity index is 4.74. The molecule has 0 rings (SSSR count). The van der Waals surface area contributed by atoms with E-state index in [1.807, 2.05) is 0 Å². The molecule has 0 aliphatic carbocycles. The van der Waals surface area contributed by atoms with Crippen LogP contribution in [-0.2, 0) is 42.2 Å². The van der Waals surface area contributed by atoms with Gasteiger partial charge >= 0.3 is 25.7 Å². The summed E-state index contributed by atoms with van der Waals surface area (Å²) in [6, 6.07) is 0. The van der Waals surface area contributed by atoms with Crippen LogP contribution < -0.4 is 0 Å². The average Bonchev–Trinajstić information content (AvgIpc) is 3.41. The zero-order valence-corrected chi connectivity index (χ0v) is 49.9.